The van der Waals surface area contributed by atoms with Crippen molar-refractivity contribution >= 4 is 33.4 Å². The van der Waals surface area contributed by atoms with Crippen LogP contribution in [0.25, 0.3) is 10.9 Å². The maximum atomic E-state index is 12.3. The summed E-state index contributed by atoms with van der Waals surface area (Å²) in [4.78, 5) is 20.5. The number of nitrogens with zero attached hydrogens (tertiary/aromatic N) is 3. The molecule has 0 bridgehead atoms. The van der Waals surface area contributed by atoms with Crippen LogP contribution < -0.4 is 10.1 Å². The maximum absolute atomic E-state index is 12.3. The molecule has 0 aliphatic carbocycles. The van der Waals surface area contributed by atoms with Crippen LogP contribution in [0.5, 0.6) is 11.6 Å². The molecule has 1 N–H and O–H groups in total. The number of anilines is 1. The van der Waals surface area contributed by atoms with E-state index in [-0.39, 0.29) is 6.03 Å². The summed E-state index contributed by atoms with van der Waals surface area (Å²) < 4.78 is 7.26. The molecule has 3 aromatic heterocycles. The first kappa shape index (κ1) is 14.4. The average molecular weight is 336 g/mol. The summed E-state index contributed by atoms with van der Waals surface area (Å²) in [6.45, 7) is 0. The van der Waals surface area contributed by atoms with Gasteiger partial charge in [0.1, 0.15) is 5.75 Å². The van der Waals surface area contributed by atoms with Crippen molar-refractivity contribution in [2.45, 2.75) is 0 Å². The van der Waals surface area contributed by atoms with Gasteiger partial charge >= 0.3 is 6.03 Å². The van der Waals surface area contributed by atoms with E-state index in [1.807, 2.05) is 41.8 Å². The molecule has 0 spiro atoms. The number of carbonyl (C=O) groups is 1. The number of fused-ring (bicyclic) bond motifs is 1. The van der Waals surface area contributed by atoms with Gasteiger partial charge < -0.3 is 4.74 Å². The summed E-state index contributed by atoms with van der Waals surface area (Å²) in [6.07, 6.45) is 5.04. The van der Waals surface area contributed by atoms with E-state index in [1.165, 1.54) is 11.3 Å². The van der Waals surface area contributed by atoms with Crippen molar-refractivity contribution < 1.29 is 9.53 Å². The lowest BCUT2D eigenvalue weighted by Gasteiger charge is -2.06. The lowest BCUT2D eigenvalue weighted by atomic mass is 10.2. The fourth-order valence-electron chi connectivity index (χ4n) is 2.33. The quantitative estimate of drug-likeness (QED) is 0.603. The fourth-order valence-corrected chi connectivity index (χ4v) is 2.84. The Kier molecular flexibility index (Phi) is 3.68. The number of thiazole rings is 1. The van der Waals surface area contributed by atoms with Gasteiger partial charge in [-0.15, -0.1) is 11.3 Å². The lowest BCUT2D eigenvalue weighted by Crippen LogP contribution is -2.18. The van der Waals surface area contributed by atoms with Crippen molar-refractivity contribution in [3.63, 3.8) is 0 Å². The van der Waals surface area contributed by atoms with E-state index < -0.39 is 0 Å². The molecule has 118 valence electrons. The Balaban J connectivity index is 1.60. The molecule has 24 heavy (non-hydrogen) atoms. The number of ether oxygens (including phenoxy) is 1. The van der Waals surface area contributed by atoms with Gasteiger partial charge in [-0.25, -0.2) is 14.8 Å². The number of rotatable bonds is 3. The zero-order valence-corrected chi connectivity index (χ0v) is 13.2. The van der Waals surface area contributed by atoms with Gasteiger partial charge in [-0.05, 0) is 30.3 Å². The number of aromatic nitrogens is 3. The second-order valence-corrected chi connectivity index (χ2v) is 5.84. The van der Waals surface area contributed by atoms with Gasteiger partial charge in [0.15, 0.2) is 5.13 Å². The van der Waals surface area contributed by atoms with E-state index in [2.05, 4.69) is 15.3 Å². The first-order valence-corrected chi connectivity index (χ1v) is 8.08. The van der Waals surface area contributed by atoms with Gasteiger partial charge in [-0.3, -0.25) is 9.88 Å². The fraction of sp³-hybridized carbons (Fsp3) is 0. The molecule has 4 aromatic rings. The molecule has 0 fully saturated rings. The number of carbonyl (C=O) groups excluding carboxylic acids is 1. The number of pyridine rings is 1. The second kappa shape index (κ2) is 6.13. The van der Waals surface area contributed by atoms with Crippen LogP contribution in [0.2, 0.25) is 0 Å². The highest BCUT2D eigenvalue weighted by Crippen LogP contribution is 2.25. The molecule has 4 rings (SSSR count). The third kappa shape index (κ3) is 2.84. The Bertz CT molecular complexity index is 980. The monoisotopic (exact) mass is 336 g/mol. The summed E-state index contributed by atoms with van der Waals surface area (Å²) in [5.74, 6) is 1.19. The number of hydrogen-bond donors (Lipinski definition) is 1. The molecule has 1 aromatic carbocycles. The van der Waals surface area contributed by atoms with Crippen LogP contribution in [0.15, 0.2) is 66.4 Å². The summed E-state index contributed by atoms with van der Waals surface area (Å²) in [5, 5.41) is 6.04. The van der Waals surface area contributed by atoms with Crippen LogP contribution in [0.3, 0.4) is 0 Å². The highest BCUT2D eigenvalue weighted by atomic mass is 32.1. The number of benzene rings is 1. The summed E-state index contributed by atoms with van der Waals surface area (Å²) in [5.41, 5.74) is 0.789. The smallest absolute Gasteiger partial charge is 0.332 e. The van der Waals surface area contributed by atoms with E-state index in [4.69, 9.17) is 4.74 Å². The Morgan fingerprint density at radius 3 is 2.88 bits per heavy atom. The van der Waals surface area contributed by atoms with Gasteiger partial charge in [0.25, 0.3) is 0 Å². The molecule has 0 saturated heterocycles. The molecular formula is C17H12N4O2S. The first-order valence-electron chi connectivity index (χ1n) is 7.20. The zero-order valence-electron chi connectivity index (χ0n) is 12.4. The summed E-state index contributed by atoms with van der Waals surface area (Å²) in [7, 11) is 0. The van der Waals surface area contributed by atoms with Crippen LogP contribution in [0, 0.1) is 0 Å². The normalized spacial score (nSPS) is 10.7. The molecule has 7 heteroatoms. The van der Waals surface area contributed by atoms with Crippen molar-refractivity contribution in [1.82, 2.24) is 14.5 Å². The van der Waals surface area contributed by atoms with Crippen LogP contribution in [-0.4, -0.2) is 20.6 Å². The average Bonchev–Trinajstić information content (AvgIpc) is 3.25. The Morgan fingerprint density at radius 2 is 2.08 bits per heavy atom. The Labute approximate surface area is 141 Å². The van der Waals surface area contributed by atoms with E-state index >= 15 is 0 Å². The Morgan fingerprint density at radius 1 is 1.12 bits per heavy atom. The second-order valence-electron chi connectivity index (χ2n) is 4.94. The molecule has 0 saturated carbocycles. The van der Waals surface area contributed by atoms with Crippen molar-refractivity contribution in [1.29, 1.82) is 0 Å². The third-order valence-electron chi connectivity index (χ3n) is 3.39. The molecule has 1 amide bonds. The van der Waals surface area contributed by atoms with Crippen LogP contribution in [0.1, 0.15) is 0 Å². The molecule has 3 heterocycles. The van der Waals surface area contributed by atoms with Crippen molar-refractivity contribution in [3.8, 4) is 11.6 Å². The van der Waals surface area contributed by atoms with Gasteiger partial charge in [0.2, 0.25) is 5.88 Å². The molecule has 0 radical (unpaired) electrons. The van der Waals surface area contributed by atoms with Gasteiger partial charge in [0.05, 0.1) is 5.52 Å². The minimum absolute atomic E-state index is 0.252. The molecule has 0 atom stereocenters. The highest BCUT2D eigenvalue weighted by Gasteiger charge is 2.11. The third-order valence-corrected chi connectivity index (χ3v) is 4.08. The zero-order chi connectivity index (χ0) is 16.4. The molecule has 0 unspecified atom stereocenters. The van der Waals surface area contributed by atoms with Crippen LogP contribution in [-0.2, 0) is 0 Å². The minimum Gasteiger partial charge on any atom is -0.439 e. The van der Waals surface area contributed by atoms with Crippen molar-refractivity contribution in [2.75, 3.05) is 5.32 Å². The molecular weight excluding hydrogens is 324 g/mol. The van der Waals surface area contributed by atoms with Gasteiger partial charge in [-0.1, -0.05) is 6.07 Å². The number of nitrogens with one attached hydrogen (secondary N) is 1. The van der Waals surface area contributed by atoms with E-state index in [0.717, 1.165) is 10.9 Å². The Hall–Kier alpha value is -3.19. The SMILES string of the molecule is O=C(Nc1nccs1)n1ccc2cc(Oc3ccccn3)ccc21. The molecule has 6 nitrogen and oxygen atoms in total. The minimum atomic E-state index is -0.252. The van der Waals surface area contributed by atoms with Crippen LogP contribution >= 0.6 is 11.3 Å². The van der Waals surface area contributed by atoms with Gasteiger partial charge in [0, 0.05) is 35.4 Å². The van der Waals surface area contributed by atoms with Crippen LogP contribution in [0.4, 0.5) is 9.93 Å². The van der Waals surface area contributed by atoms with Crippen molar-refractivity contribution in [3.05, 3.63) is 66.4 Å². The van der Waals surface area contributed by atoms with Gasteiger partial charge in [-0.2, -0.15) is 0 Å². The first-order chi connectivity index (χ1) is 11.8. The van der Waals surface area contributed by atoms with E-state index in [0.29, 0.717) is 16.8 Å². The predicted molar refractivity (Wildman–Crippen MR) is 92.8 cm³/mol. The summed E-state index contributed by atoms with van der Waals surface area (Å²) in [6, 6.07) is 12.6. The highest BCUT2D eigenvalue weighted by molar-refractivity contribution is 7.13. The molecule has 0 aliphatic rings. The topological polar surface area (TPSA) is 69.0 Å². The summed E-state index contributed by atoms with van der Waals surface area (Å²) >= 11 is 1.37. The molecule has 0 aliphatic heterocycles. The standard InChI is InChI=1S/C17H12N4O2S/c22-17(20-16-19-8-10-24-16)21-9-6-12-11-13(4-5-14(12)21)23-15-3-1-2-7-18-15/h1-11H,(H,19,20,22). The lowest BCUT2D eigenvalue weighted by molar-refractivity contribution is 0.254. The van der Waals surface area contributed by atoms with Crippen molar-refractivity contribution in [2.24, 2.45) is 0 Å². The predicted octanol–water partition coefficient (Wildman–Crippen LogP) is 4.37. The van der Waals surface area contributed by atoms with E-state index in [9.17, 15) is 4.79 Å². The van der Waals surface area contributed by atoms with E-state index in [1.54, 1.807) is 29.2 Å². The maximum Gasteiger partial charge on any atom is 0.332 e. The number of amides is 1. The largest absolute Gasteiger partial charge is 0.439 e. The number of hydrogen-bond acceptors (Lipinski definition) is 5.